The maximum absolute atomic E-state index is 12.0. The summed E-state index contributed by atoms with van der Waals surface area (Å²) in [5.74, 6) is 0.0703. The average Bonchev–Trinajstić information content (AvgIpc) is 2.86. The standard InChI is InChI=1S/C19H20N2O2/c1-12(22)20-18-10-14-6-9-19(23)17(14)11-16(18)13-4-7-15(8-5-13)21(2)3/h4-5,7-8,10-11H,6,9H2,1-3H3,(H,20,22). The fraction of sp³-hybridized carbons (Fsp3) is 0.263. The Hall–Kier alpha value is -2.62. The number of anilines is 2. The van der Waals surface area contributed by atoms with Gasteiger partial charge in [0.25, 0.3) is 0 Å². The van der Waals surface area contributed by atoms with E-state index in [1.54, 1.807) is 0 Å². The number of rotatable bonds is 3. The second-order valence-corrected chi connectivity index (χ2v) is 6.10. The molecule has 1 aliphatic rings. The molecule has 1 N–H and O–H groups in total. The summed E-state index contributed by atoms with van der Waals surface area (Å²) >= 11 is 0. The molecule has 2 aromatic carbocycles. The van der Waals surface area contributed by atoms with Crippen molar-refractivity contribution in [2.45, 2.75) is 19.8 Å². The van der Waals surface area contributed by atoms with Gasteiger partial charge in [-0.05, 0) is 41.8 Å². The Morgan fingerprint density at radius 2 is 1.74 bits per heavy atom. The molecular weight excluding hydrogens is 288 g/mol. The van der Waals surface area contributed by atoms with Crippen molar-refractivity contribution in [2.75, 3.05) is 24.3 Å². The first-order valence-corrected chi connectivity index (χ1v) is 7.71. The largest absolute Gasteiger partial charge is 0.378 e. The number of hydrogen-bond acceptors (Lipinski definition) is 3. The molecule has 0 aromatic heterocycles. The molecule has 4 nitrogen and oxygen atoms in total. The topological polar surface area (TPSA) is 49.4 Å². The van der Waals surface area contributed by atoms with Crippen molar-refractivity contribution in [1.29, 1.82) is 0 Å². The minimum Gasteiger partial charge on any atom is -0.378 e. The number of nitrogens with zero attached hydrogens (tertiary/aromatic N) is 1. The summed E-state index contributed by atoms with van der Waals surface area (Å²) in [6.07, 6.45) is 1.30. The number of fused-ring (bicyclic) bond motifs is 1. The molecule has 118 valence electrons. The third-order valence-corrected chi connectivity index (χ3v) is 4.17. The van der Waals surface area contributed by atoms with E-state index in [1.165, 1.54) is 6.92 Å². The van der Waals surface area contributed by atoms with Crippen LogP contribution in [0.4, 0.5) is 11.4 Å². The fourth-order valence-corrected chi connectivity index (χ4v) is 2.96. The quantitative estimate of drug-likeness (QED) is 0.944. The lowest BCUT2D eigenvalue weighted by Gasteiger charge is -2.15. The van der Waals surface area contributed by atoms with E-state index >= 15 is 0 Å². The van der Waals surface area contributed by atoms with Crippen LogP contribution in [0.5, 0.6) is 0 Å². The van der Waals surface area contributed by atoms with Crippen molar-refractivity contribution >= 4 is 23.1 Å². The summed E-state index contributed by atoms with van der Waals surface area (Å²) in [6.45, 7) is 1.50. The van der Waals surface area contributed by atoms with E-state index in [2.05, 4.69) is 5.32 Å². The molecule has 0 radical (unpaired) electrons. The number of nitrogens with one attached hydrogen (secondary N) is 1. The SMILES string of the molecule is CC(=O)Nc1cc2c(cc1-c1ccc(N(C)C)cc1)C(=O)CC2. The zero-order valence-corrected chi connectivity index (χ0v) is 13.6. The summed E-state index contributed by atoms with van der Waals surface area (Å²) in [6, 6.07) is 11.9. The average molecular weight is 308 g/mol. The van der Waals surface area contributed by atoms with E-state index in [0.29, 0.717) is 6.42 Å². The van der Waals surface area contributed by atoms with Gasteiger partial charge in [0, 0.05) is 49.9 Å². The highest BCUT2D eigenvalue weighted by atomic mass is 16.1. The number of carbonyl (C=O) groups excluding carboxylic acids is 2. The molecule has 0 aliphatic heterocycles. The summed E-state index contributed by atoms with van der Waals surface area (Å²) in [7, 11) is 3.98. The smallest absolute Gasteiger partial charge is 0.221 e. The van der Waals surface area contributed by atoms with Crippen molar-refractivity contribution in [3.8, 4) is 11.1 Å². The van der Waals surface area contributed by atoms with Crippen LogP contribution < -0.4 is 10.2 Å². The monoisotopic (exact) mass is 308 g/mol. The number of benzene rings is 2. The van der Waals surface area contributed by atoms with Gasteiger partial charge in [-0.1, -0.05) is 12.1 Å². The van der Waals surface area contributed by atoms with Gasteiger partial charge in [0.05, 0.1) is 0 Å². The Morgan fingerprint density at radius 3 is 2.35 bits per heavy atom. The number of aryl methyl sites for hydroxylation is 1. The molecule has 0 saturated carbocycles. The van der Waals surface area contributed by atoms with Crippen LogP contribution in [0.25, 0.3) is 11.1 Å². The van der Waals surface area contributed by atoms with Crippen LogP contribution in [0.15, 0.2) is 36.4 Å². The molecule has 0 spiro atoms. The Kier molecular flexibility index (Phi) is 3.90. The van der Waals surface area contributed by atoms with Crippen LogP contribution in [-0.4, -0.2) is 25.8 Å². The molecule has 0 heterocycles. The van der Waals surface area contributed by atoms with Crippen LogP contribution in [0, 0.1) is 0 Å². The van der Waals surface area contributed by atoms with Crippen LogP contribution in [-0.2, 0) is 11.2 Å². The number of hydrogen-bond donors (Lipinski definition) is 1. The van der Waals surface area contributed by atoms with Crippen molar-refractivity contribution in [3.63, 3.8) is 0 Å². The molecule has 1 aliphatic carbocycles. The molecule has 1 amide bonds. The molecular formula is C19H20N2O2. The Morgan fingerprint density at radius 1 is 1.04 bits per heavy atom. The van der Waals surface area contributed by atoms with Gasteiger partial charge in [0.15, 0.2) is 5.78 Å². The lowest BCUT2D eigenvalue weighted by Crippen LogP contribution is -2.09. The predicted octanol–water partition coefficient (Wildman–Crippen LogP) is 3.51. The van der Waals surface area contributed by atoms with Crippen LogP contribution in [0.3, 0.4) is 0 Å². The molecule has 0 atom stereocenters. The summed E-state index contributed by atoms with van der Waals surface area (Å²) < 4.78 is 0. The number of amides is 1. The second-order valence-electron chi connectivity index (χ2n) is 6.10. The van der Waals surface area contributed by atoms with Crippen molar-refractivity contribution in [2.24, 2.45) is 0 Å². The Bertz CT molecular complexity index is 777. The minimum absolute atomic E-state index is 0.111. The zero-order chi connectivity index (χ0) is 16.6. The second kappa shape index (κ2) is 5.88. The summed E-state index contributed by atoms with van der Waals surface area (Å²) in [5, 5.41) is 2.89. The van der Waals surface area contributed by atoms with Gasteiger partial charge in [-0.2, -0.15) is 0 Å². The lowest BCUT2D eigenvalue weighted by atomic mass is 9.97. The molecule has 2 aromatic rings. The van der Waals surface area contributed by atoms with E-state index < -0.39 is 0 Å². The molecule has 0 unspecified atom stereocenters. The maximum Gasteiger partial charge on any atom is 0.221 e. The summed E-state index contributed by atoms with van der Waals surface area (Å²) in [4.78, 5) is 25.6. The molecule has 23 heavy (non-hydrogen) atoms. The highest BCUT2D eigenvalue weighted by molar-refractivity contribution is 6.04. The van der Waals surface area contributed by atoms with E-state index in [9.17, 15) is 9.59 Å². The van der Waals surface area contributed by atoms with Gasteiger partial charge < -0.3 is 10.2 Å². The third kappa shape index (κ3) is 2.97. The molecule has 4 heteroatoms. The Balaban J connectivity index is 2.10. The molecule has 0 bridgehead atoms. The van der Waals surface area contributed by atoms with Crippen molar-refractivity contribution in [3.05, 3.63) is 47.5 Å². The summed E-state index contributed by atoms with van der Waals surface area (Å²) in [5.41, 5.74) is 5.55. The van der Waals surface area contributed by atoms with Crippen LogP contribution >= 0.6 is 0 Å². The molecule has 0 fully saturated rings. The molecule has 0 saturated heterocycles. The first-order chi connectivity index (χ1) is 11.0. The van der Waals surface area contributed by atoms with Gasteiger partial charge in [-0.25, -0.2) is 0 Å². The van der Waals surface area contributed by atoms with Gasteiger partial charge in [-0.15, -0.1) is 0 Å². The van der Waals surface area contributed by atoms with E-state index in [1.807, 2.05) is 55.4 Å². The highest BCUT2D eigenvalue weighted by Gasteiger charge is 2.22. The first kappa shape index (κ1) is 15.3. The van der Waals surface area contributed by atoms with E-state index in [-0.39, 0.29) is 11.7 Å². The van der Waals surface area contributed by atoms with Crippen molar-refractivity contribution in [1.82, 2.24) is 0 Å². The maximum atomic E-state index is 12.0. The first-order valence-electron chi connectivity index (χ1n) is 7.71. The Labute approximate surface area is 136 Å². The number of Topliss-reactive ketones (excluding diaryl/α,β-unsaturated/α-hetero) is 1. The number of ketones is 1. The van der Waals surface area contributed by atoms with Gasteiger partial charge in [0.1, 0.15) is 0 Å². The minimum atomic E-state index is -0.111. The molecule has 3 rings (SSSR count). The van der Waals surface area contributed by atoms with Crippen molar-refractivity contribution < 1.29 is 9.59 Å². The van der Waals surface area contributed by atoms with E-state index in [4.69, 9.17) is 0 Å². The third-order valence-electron chi connectivity index (χ3n) is 4.17. The highest BCUT2D eigenvalue weighted by Crippen LogP contribution is 2.35. The number of carbonyl (C=O) groups is 2. The van der Waals surface area contributed by atoms with Gasteiger partial charge in [0.2, 0.25) is 5.91 Å². The van der Waals surface area contributed by atoms with Gasteiger partial charge >= 0.3 is 0 Å². The van der Waals surface area contributed by atoms with Crippen LogP contribution in [0.1, 0.15) is 29.3 Å². The zero-order valence-electron chi connectivity index (χ0n) is 13.6. The van der Waals surface area contributed by atoms with Crippen LogP contribution in [0.2, 0.25) is 0 Å². The van der Waals surface area contributed by atoms with Gasteiger partial charge in [-0.3, -0.25) is 9.59 Å². The normalized spacial score (nSPS) is 12.9. The van der Waals surface area contributed by atoms with E-state index in [0.717, 1.165) is 40.0 Å². The predicted molar refractivity (Wildman–Crippen MR) is 93.2 cm³/mol. The fourth-order valence-electron chi connectivity index (χ4n) is 2.96. The lowest BCUT2D eigenvalue weighted by molar-refractivity contribution is -0.114.